The first-order chi connectivity index (χ1) is 12.2. The third-order valence-electron chi connectivity index (χ3n) is 4.17. The van der Waals surface area contributed by atoms with E-state index in [1.165, 1.54) is 50.4 Å². The molecule has 25 heavy (non-hydrogen) atoms. The zero-order valence-electron chi connectivity index (χ0n) is 14.8. The number of benzene rings is 1. The largest absolute Gasteiger partial charge is 0.422 e. The van der Waals surface area contributed by atoms with E-state index in [4.69, 9.17) is 4.74 Å². The van der Waals surface area contributed by atoms with Crippen molar-refractivity contribution in [3.63, 3.8) is 0 Å². The maximum absolute atomic E-state index is 12.4. The number of ether oxygens (including phenoxy) is 1. The minimum Gasteiger partial charge on any atom is -0.422 e. The molecular weight excluding hydrogens is 348 g/mol. The summed E-state index contributed by atoms with van der Waals surface area (Å²) in [4.78, 5) is 14.5. The predicted octanol–water partition coefficient (Wildman–Crippen LogP) is 6.87. The molecule has 0 saturated heterocycles. The summed E-state index contributed by atoms with van der Waals surface area (Å²) in [6.07, 6.45) is 7.08. The van der Waals surface area contributed by atoms with Crippen LogP contribution < -0.4 is 4.74 Å². The quantitative estimate of drug-likeness (QED) is 0.245. The van der Waals surface area contributed by atoms with E-state index in [0.29, 0.717) is 10.6 Å². The Morgan fingerprint density at radius 1 is 0.960 bits per heavy atom. The molecule has 0 unspecified atom stereocenters. The van der Waals surface area contributed by atoms with Crippen LogP contribution in [0.3, 0.4) is 0 Å². The third-order valence-corrected chi connectivity index (χ3v) is 6.60. The van der Waals surface area contributed by atoms with Crippen LogP contribution in [-0.2, 0) is 12.8 Å². The molecule has 0 saturated carbocycles. The first-order valence-electron chi connectivity index (χ1n) is 9.03. The molecule has 132 valence electrons. The lowest BCUT2D eigenvalue weighted by Gasteiger charge is -2.04. The molecule has 0 bridgehead atoms. The summed E-state index contributed by atoms with van der Waals surface area (Å²) in [5.74, 6) is 0.353. The van der Waals surface area contributed by atoms with Crippen molar-refractivity contribution in [3.8, 4) is 5.75 Å². The minimum atomic E-state index is -0.260. The molecule has 1 aromatic carbocycles. The lowest BCUT2D eigenvalue weighted by molar-refractivity contribution is 0.0740. The van der Waals surface area contributed by atoms with Gasteiger partial charge in [-0.2, -0.15) is 0 Å². The Balaban J connectivity index is 1.64. The van der Waals surface area contributed by atoms with E-state index in [0.717, 1.165) is 19.3 Å². The van der Waals surface area contributed by atoms with E-state index < -0.39 is 0 Å². The summed E-state index contributed by atoms with van der Waals surface area (Å²) in [6, 6.07) is 12.0. The van der Waals surface area contributed by atoms with Crippen LogP contribution in [0.4, 0.5) is 0 Å². The predicted molar refractivity (Wildman–Crippen MR) is 108 cm³/mol. The normalized spacial score (nSPS) is 11.1. The number of unbranched alkanes of at least 4 members (excludes halogenated alkanes) is 2. The van der Waals surface area contributed by atoms with Crippen molar-refractivity contribution in [1.29, 1.82) is 0 Å². The first kappa shape index (κ1) is 18.2. The fourth-order valence-electron chi connectivity index (χ4n) is 2.83. The number of fused-ring (bicyclic) bond motifs is 1. The topological polar surface area (TPSA) is 26.3 Å². The molecule has 0 aliphatic rings. The lowest BCUT2D eigenvalue weighted by Crippen LogP contribution is -2.06. The van der Waals surface area contributed by atoms with Gasteiger partial charge in [0, 0.05) is 10.3 Å². The Kier molecular flexibility index (Phi) is 6.27. The van der Waals surface area contributed by atoms with Gasteiger partial charge in [-0.1, -0.05) is 45.2 Å². The monoisotopic (exact) mass is 372 g/mol. The highest BCUT2D eigenvalue weighted by atomic mass is 32.2. The molecule has 0 aliphatic heterocycles. The van der Waals surface area contributed by atoms with Crippen LogP contribution in [0.15, 0.2) is 36.4 Å². The SMILES string of the molecule is CCCCCc1cc2cc(C(=O)Oc3ccc(CCC)cc3)sc2s1. The molecule has 0 aliphatic carbocycles. The van der Waals surface area contributed by atoms with Crippen LogP contribution >= 0.6 is 22.7 Å². The zero-order chi connectivity index (χ0) is 17.6. The Morgan fingerprint density at radius 2 is 1.76 bits per heavy atom. The van der Waals surface area contributed by atoms with E-state index in [1.54, 1.807) is 0 Å². The molecule has 3 rings (SSSR count). The summed E-state index contributed by atoms with van der Waals surface area (Å²) < 4.78 is 6.74. The van der Waals surface area contributed by atoms with Crippen molar-refractivity contribution in [3.05, 3.63) is 51.7 Å². The van der Waals surface area contributed by atoms with Gasteiger partial charge in [-0.25, -0.2) is 4.79 Å². The van der Waals surface area contributed by atoms with Crippen LogP contribution in [0, 0.1) is 0 Å². The number of aryl methyl sites for hydroxylation is 2. The summed E-state index contributed by atoms with van der Waals surface area (Å²) in [5.41, 5.74) is 1.27. The van der Waals surface area contributed by atoms with Gasteiger partial charge in [0.1, 0.15) is 10.6 Å². The average molecular weight is 373 g/mol. The Morgan fingerprint density at radius 3 is 2.44 bits per heavy atom. The van der Waals surface area contributed by atoms with E-state index >= 15 is 0 Å². The minimum absolute atomic E-state index is 0.260. The number of hydrogen-bond acceptors (Lipinski definition) is 4. The average Bonchev–Trinajstić information content (AvgIpc) is 3.16. The Labute approximate surface area is 157 Å². The van der Waals surface area contributed by atoms with Gasteiger partial charge in [-0.05, 0) is 49.1 Å². The number of hydrogen-bond donors (Lipinski definition) is 0. The van der Waals surface area contributed by atoms with Crippen molar-refractivity contribution in [2.45, 2.75) is 52.4 Å². The lowest BCUT2D eigenvalue weighted by atomic mass is 10.1. The zero-order valence-corrected chi connectivity index (χ0v) is 16.5. The first-order valence-corrected chi connectivity index (χ1v) is 10.7. The van der Waals surface area contributed by atoms with Crippen molar-refractivity contribution < 1.29 is 9.53 Å². The highest BCUT2D eigenvalue weighted by molar-refractivity contribution is 7.39. The van der Waals surface area contributed by atoms with Gasteiger partial charge in [0.2, 0.25) is 0 Å². The Hall–Kier alpha value is -1.65. The number of rotatable bonds is 8. The molecular formula is C21H24O2S2. The van der Waals surface area contributed by atoms with Gasteiger partial charge in [-0.15, -0.1) is 22.7 Å². The fourth-order valence-corrected chi connectivity index (χ4v) is 5.24. The molecule has 4 heteroatoms. The van der Waals surface area contributed by atoms with Gasteiger partial charge in [0.15, 0.2) is 0 Å². The van der Waals surface area contributed by atoms with Crippen LogP contribution in [-0.4, -0.2) is 5.97 Å². The number of thiophene rings is 2. The van der Waals surface area contributed by atoms with Crippen molar-refractivity contribution in [2.24, 2.45) is 0 Å². The maximum Gasteiger partial charge on any atom is 0.353 e. The molecule has 2 aromatic heterocycles. The highest BCUT2D eigenvalue weighted by Crippen LogP contribution is 2.34. The third kappa shape index (κ3) is 4.71. The van der Waals surface area contributed by atoms with E-state index in [1.807, 2.05) is 41.7 Å². The summed E-state index contributed by atoms with van der Waals surface area (Å²) in [6.45, 7) is 4.38. The molecule has 0 amide bonds. The molecule has 0 spiro atoms. The smallest absolute Gasteiger partial charge is 0.353 e. The van der Waals surface area contributed by atoms with Crippen molar-refractivity contribution in [2.75, 3.05) is 0 Å². The summed E-state index contributed by atoms with van der Waals surface area (Å²) in [7, 11) is 0. The van der Waals surface area contributed by atoms with Gasteiger partial charge < -0.3 is 4.74 Å². The fraction of sp³-hybridized carbons (Fsp3) is 0.381. The maximum atomic E-state index is 12.4. The van der Waals surface area contributed by atoms with E-state index in [9.17, 15) is 4.79 Å². The second-order valence-electron chi connectivity index (χ2n) is 6.31. The van der Waals surface area contributed by atoms with Crippen LogP contribution in [0.1, 0.15) is 59.6 Å². The van der Waals surface area contributed by atoms with Crippen molar-refractivity contribution in [1.82, 2.24) is 0 Å². The van der Waals surface area contributed by atoms with Gasteiger partial charge in [-0.3, -0.25) is 0 Å². The molecule has 2 nitrogen and oxygen atoms in total. The number of carbonyl (C=O) groups excluding carboxylic acids is 1. The summed E-state index contributed by atoms with van der Waals surface area (Å²) in [5, 5.41) is 1.17. The van der Waals surface area contributed by atoms with Gasteiger partial charge >= 0.3 is 5.97 Å². The molecule has 0 fully saturated rings. The molecule has 0 atom stereocenters. The van der Waals surface area contributed by atoms with E-state index in [2.05, 4.69) is 19.9 Å². The Bertz CT molecular complexity index is 796. The van der Waals surface area contributed by atoms with Crippen LogP contribution in [0.2, 0.25) is 0 Å². The van der Waals surface area contributed by atoms with Crippen LogP contribution in [0.25, 0.3) is 9.40 Å². The second-order valence-corrected chi connectivity index (χ2v) is 8.75. The second kappa shape index (κ2) is 8.63. The molecule has 3 aromatic rings. The number of carbonyl (C=O) groups is 1. The molecule has 0 radical (unpaired) electrons. The van der Waals surface area contributed by atoms with Gasteiger partial charge in [0.05, 0.1) is 4.01 Å². The van der Waals surface area contributed by atoms with Crippen molar-refractivity contribution >= 4 is 38.0 Å². The van der Waals surface area contributed by atoms with Crippen LogP contribution in [0.5, 0.6) is 5.75 Å². The number of esters is 1. The van der Waals surface area contributed by atoms with Gasteiger partial charge in [0.25, 0.3) is 0 Å². The molecule has 0 N–H and O–H groups in total. The summed E-state index contributed by atoms with van der Waals surface area (Å²) >= 11 is 3.35. The highest BCUT2D eigenvalue weighted by Gasteiger charge is 2.15. The standard InChI is InChI=1S/C21H24O2S2/c1-3-5-6-8-18-13-16-14-19(25-21(16)24-18)20(22)23-17-11-9-15(7-4-2)10-12-17/h9-14H,3-8H2,1-2H3. The molecule has 2 heterocycles. The van der Waals surface area contributed by atoms with E-state index in [-0.39, 0.29) is 5.97 Å².